The summed E-state index contributed by atoms with van der Waals surface area (Å²) in [5, 5.41) is 0. The summed E-state index contributed by atoms with van der Waals surface area (Å²) >= 11 is 0. The van der Waals surface area contributed by atoms with Gasteiger partial charge in [0.25, 0.3) is 0 Å². The first-order chi connectivity index (χ1) is 8.27. The van der Waals surface area contributed by atoms with Crippen molar-refractivity contribution in [2.75, 3.05) is 20.6 Å². The van der Waals surface area contributed by atoms with Crippen LogP contribution in [0.1, 0.15) is 71.1 Å². The smallest absolute Gasteiger partial charge is 0.00248 e. The van der Waals surface area contributed by atoms with Crippen LogP contribution in [-0.2, 0) is 0 Å². The van der Waals surface area contributed by atoms with E-state index in [0.29, 0.717) is 0 Å². The van der Waals surface area contributed by atoms with E-state index in [-0.39, 0.29) is 0 Å². The zero-order valence-electron chi connectivity index (χ0n) is 12.4. The van der Waals surface area contributed by atoms with E-state index in [2.05, 4.69) is 38.1 Å². The average molecular weight is 239 g/mol. The first kappa shape index (κ1) is 16.7. The highest BCUT2D eigenvalue weighted by molar-refractivity contribution is 4.81. The maximum atomic E-state index is 2.38. The lowest BCUT2D eigenvalue weighted by atomic mass is 10.1. The molecule has 1 nitrogen and oxygen atoms in total. The number of hydrogen-bond acceptors (Lipinski definition) is 1. The van der Waals surface area contributed by atoms with Gasteiger partial charge in [0.2, 0.25) is 0 Å². The average Bonchev–Trinajstić information content (AvgIpc) is 2.30. The van der Waals surface area contributed by atoms with Crippen molar-refractivity contribution in [1.82, 2.24) is 4.90 Å². The maximum absolute atomic E-state index is 2.38. The molecule has 0 radical (unpaired) electrons. The third-order valence-corrected chi connectivity index (χ3v) is 3.12. The fraction of sp³-hybridized carbons (Fsp3) is 0.875. The lowest BCUT2D eigenvalue weighted by molar-refractivity contribution is 0.389. The molecular formula is C16H33N. The van der Waals surface area contributed by atoms with Gasteiger partial charge in [-0.3, -0.25) is 0 Å². The molecule has 0 heterocycles. The Labute approximate surface area is 109 Å². The minimum absolute atomic E-state index is 1.25. The molecule has 0 N–H and O–H groups in total. The second kappa shape index (κ2) is 13.8. The van der Waals surface area contributed by atoms with Crippen LogP contribution in [0, 0.1) is 0 Å². The molecule has 0 unspecified atom stereocenters. The molecule has 0 saturated carbocycles. The summed E-state index contributed by atoms with van der Waals surface area (Å²) in [6.45, 7) is 3.50. The highest BCUT2D eigenvalue weighted by Crippen LogP contribution is 2.08. The van der Waals surface area contributed by atoms with E-state index in [9.17, 15) is 0 Å². The molecule has 0 saturated heterocycles. The number of nitrogens with zero attached hydrogens (tertiary/aromatic N) is 1. The lowest BCUT2D eigenvalue weighted by Gasteiger charge is -2.08. The monoisotopic (exact) mass is 239 g/mol. The maximum Gasteiger partial charge on any atom is -0.00248 e. The number of rotatable bonds is 12. The van der Waals surface area contributed by atoms with E-state index in [4.69, 9.17) is 0 Å². The summed E-state index contributed by atoms with van der Waals surface area (Å²) < 4.78 is 0. The van der Waals surface area contributed by atoms with Crippen LogP contribution in [0.2, 0.25) is 0 Å². The summed E-state index contributed by atoms with van der Waals surface area (Å²) in [6.07, 6.45) is 18.4. The normalized spacial score (nSPS) is 11.8. The van der Waals surface area contributed by atoms with Gasteiger partial charge in [-0.25, -0.2) is 0 Å². The molecule has 0 spiro atoms. The predicted molar refractivity (Wildman–Crippen MR) is 79.5 cm³/mol. The number of allylic oxidation sites excluding steroid dienone is 2. The van der Waals surface area contributed by atoms with Crippen molar-refractivity contribution in [2.24, 2.45) is 0 Å². The van der Waals surface area contributed by atoms with E-state index in [0.717, 1.165) is 0 Å². The summed E-state index contributed by atoms with van der Waals surface area (Å²) in [4.78, 5) is 2.28. The minimum Gasteiger partial charge on any atom is -0.309 e. The van der Waals surface area contributed by atoms with Gasteiger partial charge in [-0.1, -0.05) is 57.6 Å². The van der Waals surface area contributed by atoms with Crippen molar-refractivity contribution in [3.8, 4) is 0 Å². The molecular weight excluding hydrogens is 206 g/mol. The van der Waals surface area contributed by atoms with Gasteiger partial charge in [0.05, 0.1) is 0 Å². The minimum atomic E-state index is 1.25. The summed E-state index contributed by atoms with van der Waals surface area (Å²) in [6, 6.07) is 0. The molecule has 17 heavy (non-hydrogen) atoms. The topological polar surface area (TPSA) is 3.24 Å². The molecule has 0 atom stereocenters. The zero-order valence-corrected chi connectivity index (χ0v) is 12.4. The van der Waals surface area contributed by atoms with Gasteiger partial charge >= 0.3 is 0 Å². The highest BCUT2D eigenvalue weighted by atomic mass is 15.0. The Balaban J connectivity index is 3.01. The molecule has 0 bridgehead atoms. The highest BCUT2D eigenvalue weighted by Gasteiger charge is 1.92. The molecule has 0 aliphatic rings. The molecule has 0 amide bonds. The van der Waals surface area contributed by atoms with Gasteiger partial charge in [-0.15, -0.1) is 0 Å². The van der Waals surface area contributed by atoms with Crippen LogP contribution < -0.4 is 0 Å². The molecule has 0 aliphatic heterocycles. The van der Waals surface area contributed by atoms with Crippen molar-refractivity contribution < 1.29 is 0 Å². The van der Waals surface area contributed by atoms with Gasteiger partial charge in [0.1, 0.15) is 0 Å². The molecule has 0 fully saturated rings. The van der Waals surface area contributed by atoms with Gasteiger partial charge < -0.3 is 4.90 Å². The van der Waals surface area contributed by atoms with Crippen molar-refractivity contribution >= 4 is 0 Å². The predicted octanol–water partition coefficient (Wildman–Crippen LogP) is 5.03. The van der Waals surface area contributed by atoms with E-state index in [1.54, 1.807) is 0 Å². The first-order valence-electron chi connectivity index (χ1n) is 7.57. The van der Waals surface area contributed by atoms with Crippen LogP contribution in [0.15, 0.2) is 12.2 Å². The number of hydrogen-bond donors (Lipinski definition) is 0. The molecule has 0 rings (SSSR count). The van der Waals surface area contributed by atoms with E-state index < -0.39 is 0 Å². The van der Waals surface area contributed by atoms with Gasteiger partial charge in [0.15, 0.2) is 0 Å². The first-order valence-corrected chi connectivity index (χ1v) is 7.57. The second-order valence-corrected chi connectivity index (χ2v) is 5.33. The van der Waals surface area contributed by atoms with Gasteiger partial charge in [0, 0.05) is 0 Å². The Bertz CT molecular complexity index is 161. The SMILES string of the molecule is CCCC/C=C\CCCCCCCCN(C)C. The van der Waals surface area contributed by atoms with Crippen molar-refractivity contribution in [2.45, 2.75) is 71.1 Å². The zero-order chi connectivity index (χ0) is 12.8. The fourth-order valence-corrected chi connectivity index (χ4v) is 1.96. The Morgan fingerprint density at radius 3 is 1.82 bits per heavy atom. The summed E-state index contributed by atoms with van der Waals surface area (Å²) in [7, 11) is 4.32. The van der Waals surface area contributed by atoms with Crippen molar-refractivity contribution in [3.05, 3.63) is 12.2 Å². The van der Waals surface area contributed by atoms with Crippen LogP contribution in [0.4, 0.5) is 0 Å². The van der Waals surface area contributed by atoms with Crippen LogP contribution in [0.25, 0.3) is 0 Å². The Kier molecular flexibility index (Phi) is 13.5. The quantitative estimate of drug-likeness (QED) is 0.341. The standard InChI is InChI=1S/C16H33N/c1-4-5-6-7-8-9-10-11-12-13-14-15-16-17(2)3/h7-8H,4-6,9-16H2,1-3H3/b8-7-. The van der Waals surface area contributed by atoms with E-state index >= 15 is 0 Å². The van der Waals surface area contributed by atoms with Crippen LogP contribution in [0.5, 0.6) is 0 Å². The lowest BCUT2D eigenvalue weighted by Crippen LogP contribution is -2.12. The molecule has 0 aromatic carbocycles. The van der Waals surface area contributed by atoms with Gasteiger partial charge in [-0.05, 0) is 46.3 Å². The third-order valence-electron chi connectivity index (χ3n) is 3.12. The molecule has 0 aliphatic carbocycles. The van der Waals surface area contributed by atoms with Crippen LogP contribution >= 0.6 is 0 Å². The molecule has 0 aromatic rings. The second-order valence-electron chi connectivity index (χ2n) is 5.33. The Morgan fingerprint density at radius 2 is 1.24 bits per heavy atom. The summed E-state index contributed by atoms with van der Waals surface area (Å²) in [5.41, 5.74) is 0. The van der Waals surface area contributed by atoms with Crippen LogP contribution in [0.3, 0.4) is 0 Å². The Morgan fingerprint density at radius 1 is 0.706 bits per heavy atom. The molecule has 102 valence electrons. The Hall–Kier alpha value is -0.300. The fourth-order valence-electron chi connectivity index (χ4n) is 1.96. The van der Waals surface area contributed by atoms with Crippen molar-refractivity contribution in [1.29, 1.82) is 0 Å². The molecule has 1 heteroatoms. The van der Waals surface area contributed by atoms with E-state index in [1.165, 1.54) is 70.8 Å². The largest absolute Gasteiger partial charge is 0.309 e. The van der Waals surface area contributed by atoms with Crippen LogP contribution in [-0.4, -0.2) is 25.5 Å². The van der Waals surface area contributed by atoms with Gasteiger partial charge in [-0.2, -0.15) is 0 Å². The van der Waals surface area contributed by atoms with Crippen molar-refractivity contribution in [3.63, 3.8) is 0 Å². The van der Waals surface area contributed by atoms with E-state index in [1.807, 2.05) is 0 Å². The summed E-state index contributed by atoms with van der Waals surface area (Å²) in [5.74, 6) is 0. The number of unbranched alkanes of at least 4 members (excludes halogenated alkanes) is 8. The molecule has 0 aromatic heterocycles. The third kappa shape index (κ3) is 15.7.